The van der Waals surface area contributed by atoms with E-state index in [0.29, 0.717) is 23.7 Å². The lowest BCUT2D eigenvalue weighted by atomic mass is 9.79. The molecule has 2 nitrogen and oxygen atoms in total. The van der Waals surface area contributed by atoms with Crippen molar-refractivity contribution in [2.45, 2.75) is 171 Å². The van der Waals surface area contributed by atoms with Gasteiger partial charge in [0.05, 0.1) is 0 Å². The Morgan fingerprint density at radius 2 is 0.688 bits per heavy atom. The van der Waals surface area contributed by atoms with Gasteiger partial charge in [0, 0.05) is 39.5 Å². The molecule has 5 aliphatic rings. The van der Waals surface area contributed by atoms with E-state index in [0.717, 1.165) is 0 Å². The van der Waals surface area contributed by atoms with Gasteiger partial charge in [-0.1, -0.05) is 176 Å². The molecule has 0 unspecified atom stereocenters. The first-order chi connectivity index (χ1) is 37.9. The normalized spacial score (nSPS) is 18.4. The van der Waals surface area contributed by atoms with Gasteiger partial charge in [-0.3, -0.25) is 0 Å². The summed E-state index contributed by atoms with van der Waals surface area (Å²) in [5.41, 5.74) is 18.7. The minimum absolute atomic E-state index is 0.230. The quantitative estimate of drug-likeness (QED) is 0.126. The fraction of sp³-hybridized carbons (Fsp3) is 0.360. The SMILES string of the molecule is CC1(C)c2cc3cc(N(c4ccc(C5CCCCC5)cc4)c4ccc(C5CCCCC5)cc4)ccc3cc2-c2c1c1ccc(N(c3ccc(C4CCCCC4)cc3)c3ccc(C4CCCCC4)cc3)cc1c1ccccc21. The summed E-state index contributed by atoms with van der Waals surface area (Å²) in [5.74, 6) is 2.73. The van der Waals surface area contributed by atoms with Gasteiger partial charge in [0.1, 0.15) is 0 Å². The van der Waals surface area contributed by atoms with E-state index in [2.05, 4.69) is 194 Å². The lowest BCUT2D eigenvalue weighted by Crippen LogP contribution is -2.16. The number of anilines is 6. The molecule has 4 fully saturated rings. The highest BCUT2D eigenvalue weighted by atomic mass is 15.1. The average Bonchev–Trinajstić information content (AvgIpc) is 3.92. The zero-order valence-corrected chi connectivity index (χ0v) is 46.0. The molecule has 77 heavy (non-hydrogen) atoms. The number of nitrogens with zero attached hydrogens (tertiary/aromatic N) is 2. The molecule has 14 rings (SSSR count). The van der Waals surface area contributed by atoms with Crippen molar-refractivity contribution in [3.8, 4) is 11.1 Å². The van der Waals surface area contributed by atoms with Gasteiger partial charge in [-0.05, 0) is 237 Å². The molecule has 388 valence electrons. The first-order valence-corrected chi connectivity index (χ1v) is 30.5. The van der Waals surface area contributed by atoms with Crippen molar-refractivity contribution in [3.63, 3.8) is 0 Å². The van der Waals surface area contributed by atoms with Crippen molar-refractivity contribution in [3.05, 3.63) is 203 Å². The topological polar surface area (TPSA) is 6.48 Å². The molecule has 0 amide bonds. The van der Waals surface area contributed by atoms with Crippen molar-refractivity contribution in [1.82, 2.24) is 0 Å². The lowest BCUT2D eigenvalue weighted by molar-refractivity contribution is 0.443. The van der Waals surface area contributed by atoms with Crippen LogP contribution in [0.2, 0.25) is 0 Å². The predicted octanol–water partition coefficient (Wildman–Crippen LogP) is 22.6. The Bertz CT molecular complexity index is 3440. The van der Waals surface area contributed by atoms with Crippen molar-refractivity contribution in [2.75, 3.05) is 9.80 Å². The summed E-state index contributed by atoms with van der Waals surface area (Å²) in [7, 11) is 0. The highest BCUT2D eigenvalue weighted by molar-refractivity contribution is 6.19. The van der Waals surface area contributed by atoms with Gasteiger partial charge >= 0.3 is 0 Å². The number of rotatable bonds is 10. The molecule has 9 aromatic rings. The van der Waals surface area contributed by atoms with Gasteiger partial charge in [0.15, 0.2) is 0 Å². The monoisotopic (exact) mass is 1010 g/mol. The van der Waals surface area contributed by atoms with Crippen molar-refractivity contribution in [2.24, 2.45) is 0 Å². The third-order valence-electron chi connectivity index (χ3n) is 20.0. The standard InChI is InChI=1S/C75H78N2/c1-75(2)72-49-60-47-65(76(61-36-27-55(28-37-61)51-17-7-3-8-18-51)62-38-29-56(30-39-62)52-19-9-4-10-20-52)44-35-59(60)48-71(72)73-68-26-16-15-25-67(68)70-50-66(45-46-69(70)74(73)75)77(63-40-31-57(32-41-63)53-21-11-5-12-22-53)64-42-33-58(34-43-64)54-23-13-6-14-24-54/h15-16,25-54H,3-14,17-24H2,1-2H3. The van der Waals surface area contributed by atoms with Crippen LogP contribution in [0, 0.1) is 0 Å². The Hall–Kier alpha value is -6.64. The highest BCUT2D eigenvalue weighted by Crippen LogP contribution is 2.56. The van der Waals surface area contributed by atoms with Crippen LogP contribution in [0.5, 0.6) is 0 Å². The Morgan fingerprint density at radius 3 is 1.12 bits per heavy atom. The Labute approximate surface area is 459 Å². The van der Waals surface area contributed by atoms with E-state index in [4.69, 9.17) is 0 Å². The number of benzene rings is 9. The van der Waals surface area contributed by atoms with Crippen LogP contribution in [0.4, 0.5) is 34.1 Å². The molecular formula is C75H78N2. The molecule has 0 radical (unpaired) electrons. The maximum absolute atomic E-state index is 2.55. The molecule has 0 saturated heterocycles. The molecule has 0 heterocycles. The predicted molar refractivity (Wildman–Crippen MR) is 329 cm³/mol. The summed E-state index contributed by atoms with van der Waals surface area (Å²) >= 11 is 0. The molecule has 2 heteroatoms. The molecule has 0 aliphatic heterocycles. The molecular weight excluding hydrogens is 929 g/mol. The molecule has 0 atom stereocenters. The van der Waals surface area contributed by atoms with E-state index in [1.165, 1.54) is 239 Å². The molecule has 4 saturated carbocycles. The summed E-state index contributed by atoms with van der Waals surface area (Å²) in [6, 6.07) is 67.6. The molecule has 9 aromatic carbocycles. The van der Waals surface area contributed by atoms with Gasteiger partial charge in [-0.2, -0.15) is 0 Å². The van der Waals surface area contributed by atoms with E-state index < -0.39 is 0 Å². The van der Waals surface area contributed by atoms with Crippen LogP contribution in [-0.4, -0.2) is 0 Å². The summed E-state index contributed by atoms with van der Waals surface area (Å²) in [4.78, 5) is 5.04. The van der Waals surface area contributed by atoms with Crippen LogP contribution in [0.15, 0.2) is 170 Å². The summed E-state index contributed by atoms with van der Waals surface area (Å²) in [6.45, 7) is 4.97. The summed E-state index contributed by atoms with van der Waals surface area (Å²) in [5, 5.41) is 7.92. The minimum atomic E-state index is -0.230. The van der Waals surface area contributed by atoms with Gasteiger partial charge in [0.2, 0.25) is 0 Å². The van der Waals surface area contributed by atoms with Crippen LogP contribution < -0.4 is 9.80 Å². The van der Waals surface area contributed by atoms with Crippen LogP contribution in [-0.2, 0) is 5.41 Å². The molecule has 0 aromatic heterocycles. The first kappa shape index (κ1) is 48.7. The first-order valence-electron chi connectivity index (χ1n) is 30.5. The van der Waals surface area contributed by atoms with Gasteiger partial charge in [-0.25, -0.2) is 0 Å². The van der Waals surface area contributed by atoms with Crippen LogP contribution in [0.25, 0.3) is 43.4 Å². The Morgan fingerprint density at radius 1 is 0.312 bits per heavy atom. The fourth-order valence-corrected chi connectivity index (χ4v) is 15.7. The van der Waals surface area contributed by atoms with E-state index in [1.807, 2.05) is 0 Å². The Kier molecular flexibility index (Phi) is 13.0. The van der Waals surface area contributed by atoms with E-state index in [9.17, 15) is 0 Å². The fourth-order valence-electron chi connectivity index (χ4n) is 15.7. The maximum Gasteiger partial charge on any atom is 0.0468 e. The average molecular weight is 1010 g/mol. The number of fused-ring (bicyclic) bond motifs is 9. The summed E-state index contributed by atoms with van der Waals surface area (Å²) < 4.78 is 0. The van der Waals surface area contributed by atoms with Gasteiger partial charge in [-0.15, -0.1) is 0 Å². The number of hydrogen-bond acceptors (Lipinski definition) is 2. The third kappa shape index (κ3) is 9.06. The van der Waals surface area contributed by atoms with Gasteiger partial charge < -0.3 is 9.80 Å². The van der Waals surface area contributed by atoms with Gasteiger partial charge in [0.25, 0.3) is 0 Å². The lowest BCUT2D eigenvalue weighted by Gasteiger charge is -2.29. The maximum atomic E-state index is 2.55. The molecule has 0 N–H and O–H groups in total. The second-order valence-corrected chi connectivity index (χ2v) is 25.0. The second kappa shape index (κ2) is 20.6. The van der Waals surface area contributed by atoms with Crippen molar-refractivity contribution < 1.29 is 0 Å². The second-order valence-electron chi connectivity index (χ2n) is 25.0. The van der Waals surface area contributed by atoms with Crippen molar-refractivity contribution >= 4 is 66.4 Å². The van der Waals surface area contributed by atoms with Crippen molar-refractivity contribution in [1.29, 1.82) is 0 Å². The summed E-state index contributed by atoms with van der Waals surface area (Å²) in [6.07, 6.45) is 26.9. The smallest absolute Gasteiger partial charge is 0.0468 e. The van der Waals surface area contributed by atoms with Crippen LogP contribution in [0.3, 0.4) is 0 Å². The molecule has 0 spiro atoms. The molecule has 5 aliphatic carbocycles. The zero-order valence-electron chi connectivity index (χ0n) is 46.0. The molecule has 0 bridgehead atoms. The number of hydrogen-bond donors (Lipinski definition) is 0. The van der Waals surface area contributed by atoms with E-state index in [-0.39, 0.29) is 5.41 Å². The third-order valence-corrected chi connectivity index (χ3v) is 20.0. The van der Waals surface area contributed by atoms with E-state index >= 15 is 0 Å². The van der Waals surface area contributed by atoms with E-state index in [1.54, 1.807) is 0 Å². The Balaban J connectivity index is 0.860. The van der Waals surface area contributed by atoms with Crippen LogP contribution in [0.1, 0.15) is 199 Å². The highest BCUT2D eigenvalue weighted by Gasteiger charge is 2.39. The minimum Gasteiger partial charge on any atom is -0.310 e. The largest absolute Gasteiger partial charge is 0.310 e. The van der Waals surface area contributed by atoms with Crippen LogP contribution >= 0.6 is 0 Å². The zero-order chi connectivity index (χ0) is 51.5.